The zero-order valence-corrected chi connectivity index (χ0v) is 20.2. The molecule has 4 aromatic rings. The van der Waals surface area contributed by atoms with Crippen molar-refractivity contribution < 1.29 is 14.3 Å². The second-order valence-electron chi connectivity index (χ2n) is 7.92. The zero-order chi connectivity index (χ0) is 23.9. The number of nitrogens with one attached hydrogen (secondary N) is 1. The first kappa shape index (κ1) is 23.5. The normalized spacial score (nSPS) is 10.6. The van der Waals surface area contributed by atoms with Crippen LogP contribution in [0.3, 0.4) is 0 Å². The molecule has 3 aromatic carbocycles. The van der Waals surface area contributed by atoms with E-state index in [-0.39, 0.29) is 12.5 Å². The molecule has 1 aromatic heterocycles. The highest BCUT2D eigenvalue weighted by molar-refractivity contribution is 7.17. The van der Waals surface area contributed by atoms with Crippen molar-refractivity contribution in [1.82, 2.24) is 0 Å². The van der Waals surface area contributed by atoms with E-state index in [4.69, 9.17) is 4.74 Å². The van der Waals surface area contributed by atoms with E-state index >= 15 is 0 Å². The molecule has 0 atom stereocenters. The summed E-state index contributed by atoms with van der Waals surface area (Å²) >= 11 is 1.40. The van der Waals surface area contributed by atoms with Crippen molar-refractivity contribution in [3.05, 3.63) is 112 Å². The van der Waals surface area contributed by atoms with Gasteiger partial charge in [-0.1, -0.05) is 78.9 Å². The Morgan fingerprint density at radius 2 is 1.50 bits per heavy atom. The lowest BCUT2D eigenvalue weighted by molar-refractivity contribution is 0.0529. The average molecular weight is 470 g/mol. The number of carbonyl (C=O) groups excluding carboxylic acids is 2. The van der Waals surface area contributed by atoms with Gasteiger partial charge in [-0.15, -0.1) is 11.3 Å². The maximum atomic E-state index is 13.4. The molecule has 0 fully saturated rings. The van der Waals surface area contributed by atoms with Crippen LogP contribution in [0.15, 0.2) is 84.9 Å². The predicted molar refractivity (Wildman–Crippen MR) is 139 cm³/mol. The third kappa shape index (κ3) is 5.26. The Labute approximate surface area is 204 Å². The van der Waals surface area contributed by atoms with Crippen molar-refractivity contribution in [2.75, 3.05) is 11.9 Å². The van der Waals surface area contributed by atoms with Crippen molar-refractivity contribution in [2.45, 2.75) is 26.7 Å². The molecule has 0 bridgehead atoms. The third-order valence-electron chi connectivity index (χ3n) is 5.64. The summed E-state index contributed by atoms with van der Waals surface area (Å²) in [6.45, 7) is 4.00. The lowest BCUT2D eigenvalue weighted by Gasteiger charge is -2.12. The van der Waals surface area contributed by atoms with Gasteiger partial charge in [-0.05, 0) is 49.4 Å². The molecule has 4 rings (SSSR count). The highest BCUT2D eigenvalue weighted by Crippen LogP contribution is 2.40. The Morgan fingerprint density at radius 1 is 0.853 bits per heavy atom. The zero-order valence-electron chi connectivity index (χ0n) is 19.3. The van der Waals surface area contributed by atoms with Crippen LogP contribution in [0.1, 0.15) is 43.6 Å². The minimum Gasteiger partial charge on any atom is -0.462 e. The van der Waals surface area contributed by atoms with Crippen LogP contribution in [0.5, 0.6) is 0 Å². The monoisotopic (exact) mass is 469 g/mol. The first-order valence-corrected chi connectivity index (χ1v) is 12.2. The predicted octanol–water partition coefficient (Wildman–Crippen LogP) is 6.94. The molecular weight excluding hydrogens is 442 g/mol. The van der Waals surface area contributed by atoms with Crippen molar-refractivity contribution in [3.8, 4) is 11.1 Å². The molecule has 172 valence electrons. The maximum absolute atomic E-state index is 13.4. The number of carbonyl (C=O) groups is 2. The van der Waals surface area contributed by atoms with Gasteiger partial charge in [0.25, 0.3) is 5.91 Å². The Balaban J connectivity index is 1.64. The first-order valence-electron chi connectivity index (χ1n) is 11.4. The van der Waals surface area contributed by atoms with E-state index in [2.05, 4.69) is 17.4 Å². The summed E-state index contributed by atoms with van der Waals surface area (Å²) in [4.78, 5) is 27.3. The van der Waals surface area contributed by atoms with Crippen LogP contribution in [-0.2, 0) is 17.6 Å². The first-order chi connectivity index (χ1) is 16.6. The Bertz CT molecular complexity index is 1280. The van der Waals surface area contributed by atoms with Crippen LogP contribution < -0.4 is 5.32 Å². The highest BCUT2D eigenvalue weighted by atomic mass is 32.1. The summed E-state index contributed by atoms with van der Waals surface area (Å²) < 4.78 is 5.36. The summed E-state index contributed by atoms with van der Waals surface area (Å²) in [5, 5.41) is 3.53. The van der Waals surface area contributed by atoms with E-state index in [0.29, 0.717) is 16.1 Å². The molecule has 0 radical (unpaired) electrons. The smallest absolute Gasteiger partial charge is 0.341 e. The fourth-order valence-electron chi connectivity index (χ4n) is 4.04. The number of esters is 1. The maximum Gasteiger partial charge on any atom is 0.341 e. The lowest BCUT2D eigenvalue weighted by Crippen LogP contribution is -2.16. The van der Waals surface area contributed by atoms with Gasteiger partial charge in [-0.3, -0.25) is 4.79 Å². The molecule has 1 N–H and O–H groups in total. The second-order valence-corrected chi connectivity index (χ2v) is 9.15. The summed E-state index contributed by atoms with van der Waals surface area (Å²) in [6.07, 6.45) is 1.59. The minimum absolute atomic E-state index is 0.227. The van der Waals surface area contributed by atoms with Gasteiger partial charge in [-0.2, -0.15) is 0 Å². The molecule has 0 spiro atoms. The van der Waals surface area contributed by atoms with Crippen LogP contribution in [0, 0.1) is 6.92 Å². The molecule has 1 amide bonds. The minimum atomic E-state index is -0.432. The van der Waals surface area contributed by atoms with Gasteiger partial charge in [0, 0.05) is 16.0 Å². The lowest BCUT2D eigenvalue weighted by atomic mass is 9.99. The number of thiophene rings is 1. The number of anilines is 1. The Morgan fingerprint density at radius 3 is 2.21 bits per heavy atom. The van der Waals surface area contributed by atoms with Crippen LogP contribution >= 0.6 is 11.3 Å². The molecule has 1 heterocycles. The van der Waals surface area contributed by atoms with Gasteiger partial charge in [0.15, 0.2) is 0 Å². The fraction of sp³-hybridized carbons (Fsp3) is 0.172. The van der Waals surface area contributed by atoms with Crippen molar-refractivity contribution in [3.63, 3.8) is 0 Å². The van der Waals surface area contributed by atoms with Gasteiger partial charge in [0.05, 0.1) is 6.61 Å². The van der Waals surface area contributed by atoms with E-state index in [1.54, 1.807) is 6.92 Å². The number of aryl methyl sites for hydroxylation is 3. The molecule has 0 saturated heterocycles. The van der Waals surface area contributed by atoms with E-state index < -0.39 is 5.97 Å². The fourth-order valence-corrected chi connectivity index (χ4v) is 5.10. The molecule has 0 unspecified atom stereocenters. The molecule has 0 aliphatic heterocycles. The van der Waals surface area contributed by atoms with Crippen LogP contribution in [-0.4, -0.2) is 18.5 Å². The number of amides is 1. The number of rotatable bonds is 8. The van der Waals surface area contributed by atoms with E-state index in [1.807, 2.05) is 79.7 Å². The molecule has 34 heavy (non-hydrogen) atoms. The van der Waals surface area contributed by atoms with Crippen LogP contribution in [0.25, 0.3) is 11.1 Å². The summed E-state index contributed by atoms with van der Waals surface area (Å²) in [5.74, 6) is -0.659. The summed E-state index contributed by atoms with van der Waals surface area (Å²) in [5.41, 5.74) is 4.94. The van der Waals surface area contributed by atoms with Crippen LogP contribution in [0.4, 0.5) is 5.00 Å². The van der Waals surface area contributed by atoms with Gasteiger partial charge in [-0.25, -0.2) is 4.79 Å². The van der Waals surface area contributed by atoms with Gasteiger partial charge in [0.2, 0.25) is 0 Å². The number of hydrogen-bond acceptors (Lipinski definition) is 4. The Hall–Kier alpha value is -3.70. The summed E-state index contributed by atoms with van der Waals surface area (Å²) in [6, 6.07) is 27.6. The standard InChI is InChI=1S/C29H27NO3S/c1-3-33-29(32)26-25(23-15-8-5-9-16-23)20(2)34-28(26)30-27(31)24-17-11-10-14-22(24)19-18-21-12-6-4-7-13-21/h4-17H,3,18-19H2,1-2H3,(H,30,31). The van der Waals surface area contributed by atoms with Crippen molar-refractivity contribution in [1.29, 1.82) is 0 Å². The Kier molecular flexibility index (Phi) is 7.55. The van der Waals surface area contributed by atoms with Crippen LogP contribution in [0.2, 0.25) is 0 Å². The topological polar surface area (TPSA) is 55.4 Å². The van der Waals surface area contributed by atoms with Crippen molar-refractivity contribution in [2.24, 2.45) is 0 Å². The van der Waals surface area contributed by atoms with Gasteiger partial charge in [0.1, 0.15) is 10.6 Å². The molecule has 0 aliphatic rings. The highest BCUT2D eigenvalue weighted by Gasteiger charge is 2.26. The number of ether oxygens (including phenoxy) is 1. The molecule has 0 aliphatic carbocycles. The van der Waals surface area contributed by atoms with Crippen molar-refractivity contribution >= 4 is 28.2 Å². The quantitative estimate of drug-likeness (QED) is 0.284. The molecular formula is C29H27NO3S. The molecule has 4 nitrogen and oxygen atoms in total. The number of hydrogen-bond donors (Lipinski definition) is 1. The SMILES string of the molecule is CCOC(=O)c1c(NC(=O)c2ccccc2CCc2ccccc2)sc(C)c1-c1ccccc1. The van der Waals surface area contributed by atoms with E-state index in [0.717, 1.165) is 34.4 Å². The molecule has 5 heteroatoms. The third-order valence-corrected chi connectivity index (χ3v) is 6.66. The van der Waals surface area contributed by atoms with Gasteiger partial charge < -0.3 is 10.1 Å². The van der Waals surface area contributed by atoms with Gasteiger partial charge >= 0.3 is 5.97 Å². The second kappa shape index (κ2) is 10.9. The van der Waals surface area contributed by atoms with E-state index in [9.17, 15) is 9.59 Å². The average Bonchev–Trinajstić information content (AvgIpc) is 3.19. The summed E-state index contributed by atoms with van der Waals surface area (Å²) in [7, 11) is 0. The largest absolute Gasteiger partial charge is 0.462 e. The number of benzene rings is 3. The molecule has 0 saturated carbocycles. The van der Waals surface area contributed by atoms with E-state index in [1.165, 1.54) is 16.9 Å².